The van der Waals surface area contributed by atoms with Gasteiger partial charge in [-0.2, -0.15) is 13.2 Å². The van der Waals surface area contributed by atoms with Crippen LogP contribution in [0.2, 0.25) is 0 Å². The molecule has 0 amide bonds. The second kappa shape index (κ2) is 5.02. The van der Waals surface area contributed by atoms with E-state index in [2.05, 4.69) is 4.98 Å². The summed E-state index contributed by atoms with van der Waals surface area (Å²) < 4.78 is 37.5. The van der Waals surface area contributed by atoms with Gasteiger partial charge in [0.15, 0.2) is 5.69 Å². The first kappa shape index (κ1) is 13.0. The lowest BCUT2D eigenvalue weighted by atomic mass is 10.4. The molecule has 1 rings (SSSR count). The summed E-state index contributed by atoms with van der Waals surface area (Å²) in [7, 11) is 1.56. The second-order valence-electron chi connectivity index (χ2n) is 2.50. The largest absolute Gasteiger partial charge is 0.434 e. The van der Waals surface area contributed by atoms with E-state index in [1.54, 1.807) is 14.0 Å². The van der Waals surface area contributed by atoms with Gasteiger partial charge in [-0.1, -0.05) is 20.8 Å². The number of alkyl halides is 3. The van der Waals surface area contributed by atoms with Crippen LogP contribution >= 0.6 is 0 Å². The summed E-state index contributed by atoms with van der Waals surface area (Å²) in [5, 5.41) is 0. The monoisotopic (exact) mass is 208 g/mol. The Morgan fingerprint density at radius 2 is 1.86 bits per heavy atom. The molecule has 82 valence electrons. The molecule has 5 heteroatoms. The molecule has 0 fully saturated rings. The highest BCUT2D eigenvalue weighted by molar-refractivity contribution is 5.07. The number of nitrogens with zero attached hydrogens (tertiary/aromatic N) is 2. The molecule has 14 heavy (non-hydrogen) atoms. The van der Waals surface area contributed by atoms with Crippen LogP contribution < -0.4 is 0 Å². The molecule has 1 heterocycles. The van der Waals surface area contributed by atoms with E-state index < -0.39 is 11.9 Å². The van der Waals surface area contributed by atoms with E-state index in [-0.39, 0.29) is 0 Å². The molecule has 0 aromatic carbocycles. The molecular formula is C9H15F3N2. The Morgan fingerprint density at radius 1 is 1.36 bits per heavy atom. The summed E-state index contributed by atoms with van der Waals surface area (Å²) in [6.45, 7) is 5.77. The lowest BCUT2D eigenvalue weighted by molar-refractivity contribution is -0.141. The molecule has 0 saturated carbocycles. The summed E-state index contributed by atoms with van der Waals surface area (Å²) in [5.41, 5.74) is -0.818. The molecule has 0 spiro atoms. The van der Waals surface area contributed by atoms with Gasteiger partial charge < -0.3 is 4.57 Å². The molecule has 0 bridgehead atoms. The molecule has 0 aliphatic heterocycles. The predicted molar refractivity (Wildman–Crippen MR) is 48.9 cm³/mol. The average Bonchev–Trinajstić information content (AvgIpc) is 2.49. The van der Waals surface area contributed by atoms with Crippen molar-refractivity contribution in [1.29, 1.82) is 0 Å². The minimum atomic E-state index is -4.33. The van der Waals surface area contributed by atoms with Crippen molar-refractivity contribution >= 4 is 0 Å². The molecule has 2 nitrogen and oxygen atoms in total. The Kier molecular flexibility index (Phi) is 4.67. The maximum atomic E-state index is 12.0. The average molecular weight is 208 g/mol. The number of hydrogen-bond acceptors (Lipinski definition) is 1. The minimum absolute atomic E-state index is 0.447. The Hall–Kier alpha value is -1.00. The second-order valence-corrected chi connectivity index (χ2v) is 2.50. The summed E-state index contributed by atoms with van der Waals surface area (Å²) >= 11 is 0. The van der Waals surface area contributed by atoms with Crippen molar-refractivity contribution in [2.24, 2.45) is 7.05 Å². The van der Waals surface area contributed by atoms with Crippen LogP contribution in [-0.4, -0.2) is 9.55 Å². The van der Waals surface area contributed by atoms with Crippen LogP contribution in [0.3, 0.4) is 0 Å². The number of hydrogen-bond donors (Lipinski definition) is 0. The van der Waals surface area contributed by atoms with Gasteiger partial charge in [0.1, 0.15) is 5.82 Å². The quantitative estimate of drug-likeness (QED) is 0.693. The molecule has 0 unspecified atom stereocenters. The zero-order valence-corrected chi connectivity index (χ0v) is 8.81. The van der Waals surface area contributed by atoms with Crippen LogP contribution in [0.1, 0.15) is 32.3 Å². The highest BCUT2D eigenvalue weighted by Crippen LogP contribution is 2.27. The molecule has 0 N–H and O–H groups in total. The maximum absolute atomic E-state index is 12.0. The summed E-state index contributed by atoms with van der Waals surface area (Å²) in [6, 6.07) is 0. The van der Waals surface area contributed by atoms with E-state index in [1.165, 1.54) is 4.57 Å². The molecular weight excluding hydrogens is 193 g/mol. The van der Waals surface area contributed by atoms with Gasteiger partial charge in [0, 0.05) is 19.7 Å². The zero-order valence-electron chi connectivity index (χ0n) is 8.81. The van der Waals surface area contributed by atoms with Crippen LogP contribution in [-0.2, 0) is 19.6 Å². The van der Waals surface area contributed by atoms with E-state index in [0.717, 1.165) is 6.20 Å². The number of aromatic nitrogens is 2. The molecule has 0 atom stereocenters. The van der Waals surface area contributed by atoms with Crippen LogP contribution in [0.5, 0.6) is 0 Å². The first-order valence-electron chi connectivity index (χ1n) is 4.54. The van der Waals surface area contributed by atoms with Crippen LogP contribution in [0, 0.1) is 0 Å². The Labute approximate surface area is 81.8 Å². The molecule has 1 aromatic heterocycles. The van der Waals surface area contributed by atoms with Crippen LogP contribution in [0.4, 0.5) is 13.2 Å². The van der Waals surface area contributed by atoms with Crippen molar-refractivity contribution in [1.82, 2.24) is 9.55 Å². The third kappa shape index (κ3) is 3.05. The van der Waals surface area contributed by atoms with Gasteiger partial charge in [0.2, 0.25) is 0 Å². The predicted octanol–water partition coefficient (Wildman–Crippen LogP) is 3.03. The van der Waals surface area contributed by atoms with Gasteiger partial charge in [0.25, 0.3) is 0 Å². The van der Waals surface area contributed by atoms with Gasteiger partial charge in [0.05, 0.1) is 0 Å². The lowest BCUT2D eigenvalue weighted by Crippen LogP contribution is -2.05. The molecule has 0 aliphatic rings. The van der Waals surface area contributed by atoms with Gasteiger partial charge in [-0.05, 0) is 0 Å². The molecule has 1 aromatic rings. The van der Waals surface area contributed by atoms with E-state index in [1.807, 2.05) is 13.8 Å². The maximum Gasteiger partial charge on any atom is 0.434 e. The highest BCUT2D eigenvalue weighted by atomic mass is 19.4. The third-order valence-electron chi connectivity index (χ3n) is 1.58. The van der Waals surface area contributed by atoms with Gasteiger partial charge in [-0.25, -0.2) is 4.98 Å². The fourth-order valence-corrected chi connectivity index (χ4v) is 0.970. The van der Waals surface area contributed by atoms with Crippen LogP contribution in [0.15, 0.2) is 6.20 Å². The third-order valence-corrected chi connectivity index (χ3v) is 1.58. The van der Waals surface area contributed by atoms with Gasteiger partial charge in [-0.3, -0.25) is 0 Å². The van der Waals surface area contributed by atoms with Crippen molar-refractivity contribution in [3.05, 3.63) is 17.7 Å². The standard InChI is InChI=1S/C7H9F3N2.C2H6/c1-3-6-11-5(4-12(6)2)7(8,9)10;1-2/h4H,3H2,1-2H3;1-2H3. The van der Waals surface area contributed by atoms with Crippen molar-refractivity contribution in [3.8, 4) is 0 Å². The fraction of sp³-hybridized carbons (Fsp3) is 0.667. The summed E-state index contributed by atoms with van der Waals surface area (Å²) in [5.74, 6) is 0.447. The smallest absolute Gasteiger partial charge is 0.337 e. The summed E-state index contributed by atoms with van der Waals surface area (Å²) in [6.07, 6.45) is -2.82. The highest BCUT2D eigenvalue weighted by Gasteiger charge is 2.34. The normalized spacial score (nSPS) is 10.8. The van der Waals surface area contributed by atoms with Crippen molar-refractivity contribution < 1.29 is 13.2 Å². The Morgan fingerprint density at radius 3 is 2.07 bits per heavy atom. The van der Waals surface area contributed by atoms with Gasteiger partial charge in [-0.15, -0.1) is 0 Å². The topological polar surface area (TPSA) is 17.8 Å². The van der Waals surface area contributed by atoms with Crippen molar-refractivity contribution in [3.63, 3.8) is 0 Å². The van der Waals surface area contributed by atoms with Gasteiger partial charge >= 0.3 is 6.18 Å². The number of rotatable bonds is 1. The van der Waals surface area contributed by atoms with E-state index in [9.17, 15) is 13.2 Å². The molecule has 0 saturated heterocycles. The Bertz CT molecular complexity index is 276. The lowest BCUT2D eigenvalue weighted by Gasteiger charge is -1.98. The number of aryl methyl sites for hydroxylation is 2. The number of imidazole rings is 1. The van der Waals surface area contributed by atoms with Crippen LogP contribution in [0.25, 0.3) is 0 Å². The minimum Gasteiger partial charge on any atom is -0.337 e. The van der Waals surface area contributed by atoms with Crippen molar-refractivity contribution in [2.45, 2.75) is 33.4 Å². The van der Waals surface area contributed by atoms with E-state index in [0.29, 0.717) is 12.2 Å². The SMILES string of the molecule is CC.CCc1nc(C(F)(F)F)cn1C. The number of halogens is 3. The summed E-state index contributed by atoms with van der Waals surface area (Å²) in [4.78, 5) is 3.44. The van der Waals surface area contributed by atoms with Crippen molar-refractivity contribution in [2.75, 3.05) is 0 Å². The first-order chi connectivity index (χ1) is 6.45. The first-order valence-corrected chi connectivity index (χ1v) is 4.54. The van der Waals surface area contributed by atoms with E-state index in [4.69, 9.17) is 0 Å². The molecule has 0 radical (unpaired) electrons. The zero-order chi connectivity index (χ0) is 11.4. The Balaban J connectivity index is 0.000000791. The molecule has 0 aliphatic carbocycles. The fourth-order valence-electron chi connectivity index (χ4n) is 0.970. The van der Waals surface area contributed by atoms with E-state index >= 15 is 0 Å².